The fourth-order valence-electron chi connectivity index (χ4n) is 3.81. The first-order chi connectivity index (χ1) is 14.6. The van der Waals surface area contributed by atoms with Crippen molar-refractivity contribution in [3.63, 3.8) is 0 Å². The fourth-order valence-corrected chi connectivity index (χ4v) is 3.81. The van der Waals surface area contributed by atoms with Crippen molar-refractivity contribution in [1.82, 2.24) is 19.5 Å². The summed E-state index contributed by atoms with van der Waals surface area (Å²) in [6.07, 6.45) is 7.04. The Morgan fingerprint density at radius 2 is 2.17 bits per heavy atom. The molecule has 1 atom stereocenters. The van der Waals surface area contributed by atoms with Crippen LogP contribution in [0.25, 0.3) is 11.7 Å². The van der Waals surface area contributed by atoms with E-state index in [-0.39, 0.29) is 23.3 Å². The van der Waals surface area contributed by atoms with E-state index in [1.165, 1.54) is 10.8 Å². The van der Waals surface area contributed by atoms with Crippen molar-refractivity contribution in [2.45, 2.75) is 51.4 Å². The molecule has 1 aliphatic heterocycles. The fraction of sp³-hybridized carbons (Fsp3) is 0.600. The summed E-state index contributed by atoms with van der Waals surface area (Å²) in [7, 11) is 0. The number of ether oxygens (including phenoxy) is 2. The van der Waals surface area contributed by atoms with Gasteiger partial charge in [-0.3, -0.25) is 14.7 Å². The molecule has 0 spiro atoms. The first-order valence-corrected chi connectivity index (χ1v) is 10.4. The molecule has 1 saturated heterocycles. The number of nitroso groups, excluding NO2 is 1. The minimum atomic E-state index is -1.28. The Morgan fingerprint density at radius 1 is 1.40 bits per heavy atom. The Labute approximate surface area is 173 Å². The maximum Gasteiger partial charge on any atom is 0.263 e. The van der Waals surface area contributed by atoms with E-state index >= 15 is 0 Å². The number of hydrogen-bond donors (Lipinski definition) is 2. The highest BCUT2D eigenvalue weighted by Gasteiger charge is 2.31. The van der Waals surface area contributed by atoms with Crippen molar-refractivity contribution in [2.75, 3.05) is 19.8 Å². The lowest BCUT2D eigenvalue weighted by Gasteiger charge is -2.24. The maximum absolute atomic E-state index is 13.5. The highest BCUT2D eigenvalue weighted by molar-refractivity contribution is 5.67. The standard InChI is InChI=1S/C20H27N5O5/c1-2-29-10-7-14-11-21-25-17(23-28)16(18(26)22-15-3-4-15)20(27)24(19(14)25)12-13-5-8-30-9-6-13/h7,10-11,13,15,18,22,26H,2-6,8-9,12H2,1H3/b10-7+. The van der Waals surface area contributed by atoms with Gasteiger partial charge in [-0.25, -0.2) is 0 Å². The molecule has 1 saturated carbocycles. The van der Waals surface area contributed by atoms with Gasteiger partial charge in [0.25, 0.3) is 5.56 Å². The first kappa shape index (κ1) is 20.7. The second-order valence-electron chi connectivity index (χ2n) is 7.74. The molecule has 2 aliphatic rings. The number of nitrogens with one attached hydrogen (secondary N) is 1. The zero-order valence-corrected chi connectivity index (χ0v) is 17.0. The van der Waals surface area contributed by atoms with Gasteiger partial charge < -0.3 is 14.6 Å². The summed E-state index contributed by atoms with van der Waals surface area (Å²) in [5, 5.41) is 21.0. The maximum atomic E-state index is 13.5. The van der Waals surface area contributed by atoms with Crippen LogP contribution in [0.1, 0.15) is 50.0 Å². The van der Waals surface area contributed by atoms with Gasteiger partial charge in [-0.2, -0.15) is 9.61 Å². The molecule has 0 aromatic carbocycles. The first-order valence-electron chi connectivity index (χ1n) is 10.4. The molecule has 10 heteroatoms. The molecular formula is C20H27N5O5. The van der Waals surface area contributed by atoms with E-state index < -0.39 is 11.8 Å². The smallest absolute Gasteiger partial charge is 0.263 e. The lowest BCUT2D eigenvalue weighted by Crippen LogP contribution is -2.35. The predicted octanol–water partition coefficient (Wildman–Crippen LogP) is 2.07. The van der Waals surface area contributed by atoms with Gasteiger partial charge in [0.15, 0.2) is 0 Å². The summed E-state index contributed by atoms with van der Waals surface area (Å²) < 4.78 is 13.7. The van der Waals surface area contributed by atoms with Crippen LogP contribution in [0.4, 0.5) is 5.82 Å². The average molecular weight is 417 g/mol. The van der Waals surface area contributed by atoms with Crippen LogP contribution >= 0.6 is 0 Å². The zero-order valence-electron chi connectivity index (χ0n) is 17.0. The number of rotatable bonds is 9. The van der Waals surface area contributed by atoms with E-state index in [2.05, 4.69) is 15.6 Å². The lowest BCUT2D eigenvalue weighted by molar-refractivity contribution is 0.0610. The van der Waals surface area contributed by atoms with Crippen molar-refractivity contribution < 1.29 is 14.6 Å². The Kier molecular flexibility index (Phi) is 6.26. The Balaban J connectivity index is 1.86. The minimum absolute atomic E-state index is 0.0695. The van der Waals surface area contributed by atoms with Gasteiger partial charge in [-0.05, 0) is 49.8 Å². The number of hydrogen-bond acceptors (Lipinski definition) is 8. The molecule has 2 fully saturated rings. The van der Waals surface area contributed by atoms with Gasteiger partial charge in [0.05, 0.1) is 19.1 Å². The summed E-state index contributed by atoms with van der Waals surface area (Å²) in [5.41, 5.74) is 0.587. The number of fused-ring (bicyclic) bond motifs is 1. The second kappa shape index (κ2) is 9.07. The van der Waals surface area contributed by atoms with E-state index in [0.717, 1.165) is 25.7 Å². The molecule has 2 aromatic rings. The third-order valence-electron chi connectivity index (χ3n) is 5.57. The van der Waals surface area contributed by atoms with Crippen LogP contribution in [0.5, 0.6) is 0 Å². The molecule has 1 unspecified atom stereocenters. The summed E-state index contributed by atoms with van der Waals surface area (Å²) >= 11 is 0. The Bertz CT molecular complexity index is 988. The van der Waals surface area contributed by atoms with Gasteiger partial charge in [0.2, 0.25) is 5.82 Å². The van der Waals surface area contributed by atoms with E-state index in [1.54, 1.807) is 16.8 Å². The predicted molar refractivity (Wildman–Crippen MR) is 110 cm³/mol. The number of aliphatic hydroxyl groups is 1. The zero-order chi connectivity index (χ0) is 21.1. The molecule has 3 heterocycles. The van der Waals surface area contributed by atoms with Gasteiger partial charge in [0.1, 0.15) is 17.4 Å². The third kappa shape index (κ3) is 4.16. The van der Waals surface area contributed by atoms with Crippen molar-refractivity contribution in [3.8, 4) is 0 Å². The van der Waals surface area contributed by atoms with Crippen molar-refractivity contribution in [2.24, 2.45) is 11.1 Å². The Morgan fingerprint density at radius 3 is 2.83 bits per heavy atom. The summed E-state index contributed by atoms with van der Waals surface area (Å²) in [5.74, 6) is 0.0604. The normalized spacial score (nSPS) is 18.9. The minimum Gasteiger partial charge on any atom is -0.501 e. The average Bonchev–Trinajstić information content (AvgIpc) is 3.47. The van der Waals surface area contributed by atoms with E-state index in [0.29, 0.717) is 37.6 Å². The third-order valence-corrected chi connectivity index (χ3v) is 5.57. The van der Waals surface area contributed by atoms with Gasteiger partial charge in [0, 0.05) is 31.4 Å². The monoisotopic (exact) mass is 417 g/mol. The van der Waals surface area contributed by atoms with Gasteiger partial charge in [-0.15, -0.1) is 4.91 Å². The number of nitrogens with zero attached hydrogens (tertiary/aromatic N) is 4. The Hall–Kier alpha value is -2.56. The molecule has 0 amide bonds. The second-order valence-corrected chi connectivity index (χ2v) is 7.74. The molecule has 2 N–H and O–H groups in total. The summed E-state index contributed by atoms with van der Waals surface area (Å²) in [6, 6.07) is 0.140. The SMILES string of the molecule is CCO/C=C/c1cnn2c(N=O)c(C(O)NC3CC3)c(=O)n(CC3CCOCC3)c12. The molecule has 10 nitrogen and oxygen atoms in total. The molecular weight excluding hydrogens is 390 g/mol. The highest BCUT2D eigenvalue weighted by atomic mass is 16.5. The van der Waals surface area contributed by atoms with Crippen LogP contribution in [0.3, 0.4) is 0 Å². The molecule has 30 heavy (non-hydrogen) atoms. The van der Waals surface area contributed by atoms with Crippen molar-refractivity contribution in [3.05, 3.63) is 38.8 Å². The van der Waals surface area contributed by atoms with Crippen molar-refractivity contribution in [1.29, 1.82) is 0 Å². The van der Waals surface area contributed by atoms with Crippen molar-refractivity contribution >= 4 is 17.5 Å². The van der Waals surface area contributed by atoms with Crippen LogP contribution in [-0.4, -0.2) is 45.2 Å². The van der Waals surface area contributed by atoms with Crippen LogP contribution in [0.2, 0.25) is 0 Å². The van der Waals surface area contributed by atoms with Crippen LogP contribution in [0, 0.1) is 10.8 Å². The quantitative estimate of drug-likeness (QED) is 0.364. The van der Waals surface area contributed by atoms with E-state index in [9.17, 15) is 14.8 Å². The molecule has 162 valence electrons. The largest absolute Gasteiger partial charge is 0.501 e. The number of aromatic nitrogens is 3. The molecule has 0 bridgehead atoms. The van der Waals surface area contributed by atoms with E-state index in [1.807, 2.05) is 6.92 Å². The van der Waals surface area contributed by atoms with Crippen LogP contribution in [-0.2, 0) is 16.0 Å². The molecule has 2 aromatic heterocycles. The highest BCUT2D eigenvalue weighted by Crippen LogP contribution is 2.29. The van der Waals surface area contributed by atoms with Gasteiger partial charge >= 0.3 is 0 Å². The summed E-state index contributed by atoms with van der Waals surface area (Å²) in [4.78, 5) is 25.2. The molecule has 0 radical (unpaired) electrons. The molecule has 4 rings (SSSR count). The van der Waals surface area contributed by atoms with Gasteiger partial charge in [-0.1, -0.05) is 0 Å². The van der Waals surface area contributed by atoms with Crippen LogP contribution in [0.15, 0.2) is 22.4 Å². The van der Waals surface area contributed by atoms with E-state index in [4.69, 9.17) is 9.47 Å². The lowest BCUT2D eigenvalue weighted by atomic mass is 10.00. The molecule has 1 aliphatic carbocycles. The topological polar surface area (TPSA) is 119 Å². The number of aliphatic hydroxyl groups excluding tert-OH is 1. The van der Waals surface area contributed by atoms with Crippen LogP contribution < -0.4 is 10.9 Å². The summed E-state index contributed by atoms with van der Waals surface area (Å²) in [6.45, 7) is 4.12.